The monoisotopic (exact) mass is 548 g/mol. The number of nitrogens with zero attached hydrogens (tertiary/aromatic N) is 1. The smallest absolute Gasteiger partial charge is 0.338 e. The van der Waals surface area contributed by atoms with Crippen LogP contribution in [0.2, 0.25) is 0 Å². The number of imide groups is 1. The van der Waals surface area contributed by atoms with Crippen LogP contribution in [0.1, 0.15) is 69.0 Å². The first-order chi connectivity index (χ1) is 19.0. The number of carbonyl (C=O) groups excluding carboxylic acids is 3. The lowest BCUT2D eigenvalue weighted by Crippen LogP contribution is -2.50. The SMILES string of the molecule is CC1=C(C(=O)OCC2CCCCC2)C(c2cccc(OCC3CC3)c2)N(C(=O)SCc2ccccc2)C(=O)N1. The number of amides is 3. The second-order valence-electron chi connectivity index (χ2n) is 10.7. The van der Waals surface area contributed by atoms with Crippen molar-refractivity contribution in [2.24, 2.45) is 11.8 Å². The van der Waals surface area contributed by atoms with Crippen molar-refractivity contribution < 1.29 is 23.9 Å². The van der Waals surface area contributed by atoms with E-state index in [0.717, 1.165) is 47.9 Å². The minimum Gasteiger partial charge on any atom is -0.493 e. The number of thioether (sulfide) groups is 1. The number of hydrogen-bond donors (Lipinski definition) is 1. The molecule has 39 heavy (non-hydrogen) atoms. The van der Waals surface area contributed by atoms with Crippen LogP contribution >= 0.6 is 11.8 Å². The Bertz CT molecular complexity index is 1220. The van der Waals surface area contributed by atoms with Gasteiger partial charge in [-0.3, -0.25) is 4.79 Å². The third-order valence-corrected chi connectivity index (χ3v) is 8.52. The number of rotatable bonds is 9. The molecule has 3 aliphatic rings. The highest BCUT2D eigenvalue weighted by Gasteiger charge is 2.42. The van der Waals surface area contributed by atoms with Gasteiger partial charge in [0.05, 0.1) is 18.8 Å². The van der Waals surface area contributed by atoms with Gasteiger partial charge in [0.15, 0.2) is 0 Å². The first kappa shape index (κ1) is 27.3. The number of benzene rings is 2. The summed E-state index contributed by atoms with van der Waals surface area (Å²) in [5.41, 5.74) is 2.29. The van der Waals surface area contributed by atoms with Crippen molar-refractivity contribution in [2.75, 3.05) is 13.2 Å². The first-order valence-corrected chi connectivity index (χ1v) is 14.9. The minimum absolute atomic E-state index is 0.276. The van der Waals surface area contributed by atoms with Crippen LogP contribution in [0.5, 0.6) is 5.75 Å². The molecule has 0 radical (unpaired) electrons. The van der Waals surface area contributed by atoms with Crippen molar-refractivity contribution in [1.29, 1.82) is 0 Å². The zero-order valence-electron chi connectivity index (χ0n) is 22.4. The minimum atomic E-state index is -0.919. The molecule has 2 fully saturated rings. The fourth-order valence-electron chi connectivity index (χ4n) is 5.20. The summed E-state index contributed by atoms with van der Waals surface area (Å²) in [7, 11) is 0. The molecule has 2 aromatic carbocycles. The Kier molecular flexibility index (Phi) is 8.91. The zero-order valence-corrected chi connectivity index (χ0v) is 23.2. The van der Waals surface area contributed by atoms with Crippen LogP contribution in [0.25, 0.3) is 0 Å². The molecule has 5 rings (SSSR count). The van der Waals surface area contributed by atoms with E-state index in [9.17, 15) is 14.4 Å². The zero-order chi connectivity index (χ0) is 27.2. The van der Waals surface area contributed by atoms with Gasteiger partial charge in [-0.15, -0.1) is 0 Å². The predicted octanol–water partition coefficient (Wildman–Crippen LogP) is 6.99. The molecule has 1 aliphatic heterocycles. The van der Waals surface area contributed by atoms with Crippen molar-refractivity contribution in [3.63, 3.8) is 0 Å². The maximum Gasteiger partial charge on any atom is 0.338 e. The largest absolute Gasteiger partial charge is 0.493 e. The average Bonchev–Trinajstić information content (AvgIpc) is 3.79. The molecule has 1 unspecified atom stereocenters. The third kappa shape index (κ3) is 7.04. The second-order valence-corrected chi connectivity index (χ2v) is 11.6. The molecule has 2 saturated carbocycles. The quantitative estimate of drug-likeness (QED) is 0.340. The van der Waals surface area contributed by atoms with Gasteiger partial charge in [0, 0.05) is 11.4 Å². The molecular weight excluding hydrogens is 512 g/mol. The lowest BCUT2D eigenvalue weighted by Gasteiger charge is -2.36. The fourth-order valence-corrected chi connectivity index (χ4v) is 6.01. The Morgan fingerprint density at radius 1 is 0.949 bits per heavy atom. The molecule has 0 saturated heterocycles. The van der Waals surface area contributed by atoms with E-state index in [2.05, 4.69) is 5.32 Å². The van der Waals surface area contributed by atoms with Crippen LogP contribution in [-0.4, -0.2) is 35.4 Å². The number of nitrogens with one attached hydrogen (secondary N) is 1. The molecular formula is C31H36N2O5S. The highest BCUT2D eigenvalue weighted by atomic mass is 32.2. The molecule has 2 aromatic rings. The predicted molar refractivity (Wildman–Crippen MR) is 151 cm³/mol. The molecule has 0 aromatic heterocycles. The maximum absolute atomic E-state index is 13.6. The number of hydrogen-bond acceptors (Lipinski definition) is 6. The topological polar surface area (TPSA) is 84.9 Å². The van der Waals surface area contributed by atoms with Crippen molar-refractivity contribution in [3.05, 3.63) is 77.0 Å². The van der Waals surface area contributed by atoms with Crippen molar-refractivity contribution in [3.8, 4) is 5.75 Å². The maximum atomic E-state index is 13.6. The van der Waals surface area contributed by atoms with E-state index in [1.54, 1.807) is 6.92 Å². The van der Waals surface area contributed by atoms with Gasteiger partial charge >= 0.3 is 12.0 Å². The van der Waals surface area contributed by atoms with Gasteiger partial charge < -0.3 is 14.8 Å². The number of carbonyl (C=O) groups is 3. The number of ether oxygens (including phenoxy) is 2. The van der Waals surface area contributed by atoms with E-state index in [-0.39, 0.29) is 5.57 Å². The summed E-state index contributed by atoms with van der Waals surface area (Å²) in [4.78, 5) is 41.6. The summed E-state index contributed by atoms with van der Waals surface area (Å²) in [5, 5.41) is 2.31. The Morgan fingerprint density at radius 3 is 2.44 bits per heavy atom. The molecule has 0 spiro atoms. The number of esters is 1. The lowest BCUT2D eigenvalue weighted by molar-refractivity contribution is -0.141. The molecule has 1 atom stereocenters. The van der Waals surface area contributed by atoms with Crippen LogP contribution in [0, 0.1) is 11.8 Å². The molecule has 2 aliphatic carbocycles. The molecule has 1 N–H and O–H groups in total. The van der Waals surface area contributed by atoms with E-state index < -0.39 is 23.3 Å². The average molecular weight is 549 g/mol. The van der Waals surface area contributed by atoms with Gasteiger partial charge in [-0.1, -0.05) is 73.5 Å². The van der Waals surface area contributed by atoms with Crippen molar-refractivity contribution in [1.82, 2.24) is 10.2 Å². The van der Waals surface area contributed by atoms with E-state index in [1.165, 1.54) is 19.3 Å². The van der Waals surface area contributed by atoms with Crippen molar-refractivity contribution >= 4 is 29.0 Å². The van der Waals surface area contributed by atoms with Gasteiger partial charge in [-0.05, 0) is 67.7 Å². The van der Waals surface area contributed by atoms with Gasteiger partial charge in [-0.25, -0.2) is 14.5 Å². The summed E-state index contributed by atoms with van der Waals surface area (Å²) >= 11 is 1.04. The third-order valence-electron chi connectivity index (χ3n) is 7.60. The molecule has 0 bridgehead atoms. The lowest BCUT2D eigenvalue weighted by atomic mass is 9.90. The van der Waals surface area contributed by atoms with E-state index >= 15 is 0 Å². The van der Waals surface area contributed by atoms with Crippen LogP contribution < -0.4 is 10.1 Å². The summed E-state index contributed by atoms with van der Waals surface area (Å²) < 4.78 is 11.8. The Balaban J connectivity index is 1.42. The van der Waals surface area contributed by atoms with E-state index in [1.807, 2.05) is 54.6 Å². The Labute approximate surface area is 234 Å². The standard InChI is InChI=1S/C31H36N2O5S/c1-21-27(29(34)38-19-22-9-4-2-5-10-22)28(25-13-8-14-26(17-25)37-18-23-15-16-23)33(30(35)32-21)31(36)39-20-24-11-6-3-7-12-24/h3,6-8,11-14,17,22-23,28H,2,4-5,9-10,15-16,18-20H2,1H3,(H,32,35). The highest BCUT2D eigenvalue weighted by Crippen LogP contribution is 2.38. The fraction of sp³-hybridized carbons (Fsp3) is 0.452. The molecule has 3 amide bonds. The van der Waals surface area contributed by atoms with Gasteiger partial charge in [0.25, 0.3) is 5.24 Å². The molecule has 7 nitrogen and oxygen atoms in total. The second kappa shape index (κ2) is 12.7. The Morgan fingerprint density at radius 2 is 1.69 bits per heavy atom. The van der Waals surface area contributed by atoms with Gasteiger partial charge in [0.2, 0.25) is 0 Å². The van der Waals surface area contributed by atoms with E-state index in [4.69, 9.17) is 9.47 Å². The van der Waals surface area contributed by atoms with Crippen molar-refractivity contribution in [2.45, 2.75) is 63.7 Å². The van der Waals surface area contributed by atoms with Crippen LogP contribution in [0.4, 0.5) is 9.59 Å². The van der Waals surface area contributed by atoms with Crippen LogP contribution in [-0.2, 0) is 15.3 Å². The van der Waals surface area contributed by atoms with E-state index in [0.29, 0.717) is 47.8 Å². The number of urea groups is 1. The van der Waals surface area contributed by atoms with Gasteiger partial charge in [0.1, 0.15) is 11.8 Å². The van der Waals surface area contributed by atoms with Crippen LogP contribution in [0.15, 0.2) is 65.9 Å². The Hall–Kier alpha value is -3.26. The summed E-state index contributed by atoms with van der Waals surface area (Å²) in [6.45, 7) is 2.67. The molecule has 8 heteroatoms. The summed E-state index contributed by atoms with van der Waals surface area (Å²) in [6, 6.07) is 15.5. The molecule has 1 heterocycles. The van der Waals surface area contributed by atoms with Crippen LogP contribution in [0.3, 0.4) is 0 Å². The highest BCUT2D eigenvalue weighted by molar-refractivity contribution is 8.12. The summed E-state index contributed by atoms with van der Waals surface area (Å²) in [5.74, 6) is 1.48. The summed E-state index contributed by atoms with van der Waals surface area (Å²) in [6.07, 6.45) is 7.96. The molecule has 206 valence electrons. The normalized spacial score (nSPS) is 20.0. The first-order valence-electron chi connectivity index (χ1n) is 13.9. The number of allylic oxidation sites excluding steroid dienone is 1. The van der Waals surface area contributed by atoms with Gasteiger partial charge in [-0.2, -0.15) is 0 Å².